The molecule has 0 spiro atoms. The number of ketones is 1. The van der Waals surface area contributed by atoms with Crippen molar-refractivity contribution in [2.75, 3.05) is 6.61 Å². The molecular weight excluding hydrogens is 208 g/mol. The van der Waals surface area contributed by atoms with Crippen LogP contribution in [0.25, 0.3) is 0 Å². The Morgan fingerprint density at radius 2 is 2.12 bits per heavy atom. The van der Waals surface area contributed by atoms with E-state index in [1.54, 1.807) is 6.08 Å². The molecule has 2 saturated heterocycles. The van der Waals surface area contributed by atoms with Crippen LogP contribution in [0.2, 0.25) is 0 Å². The van der Waals surface area contributed by atoms with Crippen molar-refractivity contribution >= 4 is 5.78 Å². The van der Waals surface area contributed by atoms with E-state index < -0.39 is 5.79 Å². The minimum atomic E-state index is -0.571. The topological polar surface area (TPSA) is 44.8 Å². The molecule has 4 nitrogen and oxygen atoms in total. The van der Waals surface area contributed by atoms with Gasteiger partial charge >= 0.3 is 0 Å². The summed E-state index contributed by atoms with van der Waals surface area (Å²) in [4.78, 5) is 11.5. The van der Waals surface area contributed by atoms with E-state index in [1.807, 2.05) is 13.8 Å². The first-order valence-corrected chi connectivity index (χ1v) is 5.61. The largest absolute Gasteiger partial charge is 0.367 e. The molecule has 0 radical (unpaired) electrons. The summed E-state index contributed by atoms with van der Waals surface area (Å²) in [5.74, 6) is -0.368. The summed E-state index contributed by atoms with van der Waals surface area (Å²) in [5, 5.41) is 0. The van der Waals surface area contributed by atoms with Gasteiger partial charge in [-0.1, -0.05) is 6.08 Å². The molecular formula is C12H18O4. The van der Waals surface area contributed by atoms with Crippen LogP contribution < -0.4 is 0 Å². The standard InChI is InChI=1S/C12H18O4/c1-4-9-5-8(13)6-10(15-9)11-7-14-12(2,3)16-11/h4,9-11H,1,5-7H2,2-3H3/t9-,10+,11?/m1/s1. The van der Waals surface area contributed by atoms with Gasteiger partial charge in [-0.25, -0.2) is 0 Å². The molecule has 90 valence electrons. The Hall–Kier alpha value is -0.710. The van der Waals surface area contributed by atoms with Crippen LogP contribution in [0, 0.1) is 0 Å². The summed E-state index contributed by atoms with van der Waals surface area (Å²) >= 11 is 0. The third kappa shape index (κ3) is 2.51. The smallest absolute Gasteiger partial charge is 0.163 e. The van der Waals surface area contributed by atoms with Gasteiger partial charge in [0.1, 0.15) is 11.9 Å². The van der Waals surface area contributed by atoms with E-state index in [0.29, 0.717) is 19.4 Å². The average Bonchev–Trinajstić information content (AvgIpc) is 2.58. The zero-order valence-corrected chi connectivity index (χ0v) is 9.77. The predicted octanol–water partition coefficient (Wildman–Crippen LogP) is 1.44. The second-order valence-corrected chi connectivity index (χ2v) is 4.76. The number of carbonyl (C=O) groups is 1. The van der Waals surface area contributed by atoms with Crippen molar-refractivity contribution in [2.24, 2.45) is 0 Å². The molecule has 1 unspecified atom stereocenters. The quantitative estimate of drug-likeness (QED) is 0.668. The van der Waals surface area contributed by atoms with Crippen molar-refractivity contribution in [3.05, 3.63) is 12.7 Å². The van der Waals surface area contributed by atoms with Crippen LogP contribution >= 0.6 is 0 Å². The van der Waals surface area contributed by atoms with E-state index in [-0.39, 0.29) is 24.1 Å². The summed E-state index contributed by atoms with van der Waals surface area (Å²) in [7, 11) is 0. The SMILES string of the molecule is C=C[C@@H]1CC(=O)C[C@@H](C2COC(C)(C)O2)O1. The van der Waals surface area contributed by atoms with Crippen molar-refractivity contribution in [2.45, 2.75) is 50.8 Å². The Morgan fingerprint density at radius 1 is 1.38 bits per heavy atom. The average molecular weight is 226 g/mol. The van der Waals surface area contributed by atoms with E-state index in [1.165, 1.54) is 0 Å². The van der Waals surface area contributed by atoms with Crippen molar-refractivity contribution in [3.8, 4) is 0 Å². The summed E-state index contributed by atoms with van der Waals surface area (Å²) in [5.41, 5.74) is 0. The molecule has 2 aliphatic heterocycles. The zero-order valence-electron chi connectivity index (χ0n) is 9.77. The first-order valence-electron chi connectivity index (χ1n) is 5.61. The zero-order chi connectivity index (χ0) is 11.8. The summed E-state index contributed by atoms with van der Waals surface area (Å²) < 4.78 is 16.9. The molecule has 0 aromatic carbocycles. The fourth-order valence-corrected chi connectivity index (χ4v) is 2.11. The van der Waals surface area contributed by atoms with Gasteiger partial charge in [0.15, 0.2) is 5.79 Å². The second kappa shape index (κ2) is 4.28. The number of Topliss-reactive ketones (excluding diaryl/α,β-unsaturated/α-hetero) is 1. The lowest BCUT2D eigenvalue weighted by Crippen LogP contribution is -2.41. The van der Waals surface area contributed by atoms with Gasteiger partial charge in [-0.15, -0.1) is 6.58 Å². The highest BCUT2D eigenvalue weighted by atomic mass is 16.7. The Kier molecular flexibility index (Phi) is 3.15. The lowest BCUT2D eigenvalue weighted by molar-refractivity contribution is -0.169. The summed E-state index contributed by atoms with van der Waals surface area (Å²) in [6.07, 6.45) is 1.97. The number of hydrogen-bond donors (Lipinski definition) is 0. The first-order chi connectivity index (χ1) is 7.50. The third-order valence-electron chi connectivity index (χ3n) is 2.92. The molecule has 2 fully saturated rings. The number of ether oxygens (including phenoxy) is 3. The van der Waals surface area contributed by atoms with E-state index in [0.717, 1.165) is 0 Å². The highest BCUT2D eigenvalue weighted by molar-refractivity contribution is 5.80. The number of rotatable bonds is 2. The van der Waals surface area contributed by atoms with Gasteiger partial charge < -0.3 is 14.2 Å². The van der Waals surface area contributed by atoms with E-state index in [4.69, 9.17) is 14.2 Å². The second-order valence-electron chi connectivity index (χ2n) is 4.76. The third-order valence-corrected chi connectivity index (χ3v) is 2.92. The van der Waals surface area contributed by atoms with Gasteiger partial charge in [0, 0.05) is 12.8 Å². The number of carbonyl (C=O) groups excluding carboxylic acids is 1. The monoisotopic (exact) mass is 226 g/mol. The van der Waals surface area contributed by atoms with Crippen molar-refractivity contribution in [1.82, 2.24) is 0 Å². The maximum atomic E-state index is 11.5. The molecule has 0 saturated carbocycles. The van der Waals surface area contributed by atoms with Crippen LogP contribution in [0.4, 0.5) is 0 Å². The highest BCUT2D eigenvalue weighted by Crippen LogP contribution is 2.29. The summed E-state index contributed by atoms with van der Waals surface area (Å²) in [6, 6.07) is 0. The van der Waals surface area contributed by atoms with Gasteiger partial charge in [-0.05, 0) is 13.8 Å². The lowest BCUT2D eigenvalue weighted by atomic mass is 9.99. The molecule has 0 aromatic heterocycles. The molecule has 16 heavy (non-hydrogen) atoms. The van der Waals surface area contributed by atoms with Crippen LogP contribution in [-0.2, 0) is 19.0 Å². The molecule has 4 heteroatoms. The van der Waals surface area contributed by atoms with Gasteiger partial charge in [0.25, 0.3) is 0 Å². The molecule has 0 N–H and O–H groups in total. The van der Waals surface area contributed by atoms with E-state index in [2.05, 4.69) is 6.58 Å². The van der Waals surface area contributed by atoms with E-state index in [9.17, 15) is 4.79 Å². The molecule has 0 aliphatic carbocycles. The van der Waals surface area contributed by atoms with Crippen molar-refractivity contribution < 1.29 is 19.0 Å². The van der Waals surface area contributed by atoms with Gasteiger partial charge in [-0.3, -0.25) is 4.79 Å². The van der Waals surface area contributed by atoms with Gasteiger partial charge in [-0.2, -0.15) is 0 Å². The minimum absolute atomic E-state index is 0.151. The highest BCUT2D eigenvalue weighted by Gasteiger charge is 2.41. The van der Waals surface area contributed by atoms with Crippen LogP contribution in [0.5, 0.6) is 0 Å². The van der Waals surface area contributed by atoms with Crippen molar-refractivity contribution in [3.63, 3.8) is 0 Å². The van der Waals surface area contributed by atoms with Crippen LogP contribution in [0.1, 0.15) is 26.7 Å². The van der Waals surface area contributed by atoms with Gasteiger partial charge in [0.2, 0.25) is 0 Å². The fraction of sp³-hybridized carbons (Fsp3) is 0.750. The molecule has 2 aliphatic rings. The van der Waals surface area contributed by atoms with Crippen LogP contribution in [-0.4, -0.2) is 36.5 Å². The Morgan fingerprint density at radius 3 is 2.69 bits per heavy atom. The molecule has 3 atom stereocenters. The van der Waals surface area contributed by atoms with Crippen molar-refractivity contribution in [1.29, 1.82) is 0 Å². The maximum absolute atomic E-state index is 11.5. The normalized spacial score (nSPS) is 38.6. The maximum Gasteiger partial charge on any atom is 0.163 e. The van der Waals surface area contributed by atoms with Crippen LogP contribution in [0.15, 0.2) is 12.7 Å². The van der Waals surface area contributed by atoms with E-state index >= 15 is 0 Å². The summed E-state index contributed by atoms with van der Waals surface area (Å²) in [6.45, 7) is 7.87. The molecule has 0 aromatic rings. The lowest BCUT2D eigenvalue weighted by Gasteiger charge is -2.31. The molecule has 0 amide bonds. The van der Waals surface area contributed by atoms with Crippen LogP contribution in [0.3, 0.4) is 0 Å². The first kappa shape index (κ1) is 11.8. The minimum Gasteiger partial charge on any atom is -0.367 e. The molecule has 2 rings (SSSR count). The number of hydrogen-bond acceptors (Lipinski definition) is 4. The predicted molar refractivity (Wildman–Crippen MR) is 58.0 cm³/mol. The fourth-order valence-electron chi connectivity index (χ4n) is 2.11. The molecule has 0 bridgehead atoms. The Bertz CT molecular complexity index is 297. The van der Waals surface area contributed by atoms with Gasteiger partial charge in [0.05, 0.1) is 18.8 Å². The Labute approximate surface area is 95.6 Å². The Balaban J connectivity index is 1.99. The molecule has 2 heterocycles.